The molecule has 20 heteroatoms. The number of carboxylic acids is 2. The quantitative estimate of drug-likeness (QED) is 0.119. The molecular formula is C38H36F6N6O8. The van der Waals surface area contributed by atoms with E-state index in [1.807, 2.05) is 80.2 Å². The van der Waals surface area contributed by atoms with Crippen molar-refractivity contribution in [2.75, 3.05) is 24.3 Å². The number of nitrogens with one attached hydrogen (secondary N) is 3. The second-order valence-corrected chi connectivity index (χ2v) is 13.0. The molecule has 4 heterocycles. The SMILES string of the molecule is Cc1cc2ccc1[C@@H](C)COC(=O)Nc1ccc(-c3nccn3C)c(c1)CN(C)C(=O)[C@@H]2Nc1ccc2cc[nH]c(=O)c2c1.O=C(O)C(F)(F)F.O=C(O)C(F)(F)F. The maximum absolute atomic E-state index is 14.3. The average molecular weight is 819 g/mol. The number of alkyl halides is 6. The largest absolute Gasteiger partial charge is 0.490 e. The first-order valence-electron chi connectivity index (χ1n) is 16.9. The van der Waals surface area contributed by atoms with E-state index in [0.29, 0.717) is 16.8 Å². The molecule has 2 atom stereocenters. The van der Waals surface area contributed by atoms with E-state index in [-0.39, 0.29) is 30.5 Å². The molecule has 0 unspecified atom stereocenters. The Hall–Kier alpha value is -6.86. The number of halogens is 6. The highest BCUT2D eigenvalue weighted by Crippen LogP contribution is 2.31. The number of likely N-dealkylation sites (N-methyl/N-ethyl adjacent to an activating group) is 1. The zero-order valence-electron chi connectivity index (χ0n) is 31.0. The maximum atomic E-state index is 14.3. The van der Waals surface area contributed by atoms with Crippen molar-refractivity contribution in [3.63, 3.8) is 0 Å². The Morgan fingerprint density at radius 2 is 1.57 bits per heavy atom. The first-order valence-corrected chi connectivity index (χ1v) is 16.9. The predicted octanol–water partition coefficient (Wildman–Crippen LogP) is 6.98. The molecule has 0 aliphatic carbocycles. The number of benzene rings is 3. The summed E-state index contributed by atoms with van der Waals surface area (Å²) in [7, 11) is 3.66. The first kappa shape index (κ1) is 43.9. The van der Waals surface area contributed by atoms with Crippen LogP contribution in [0.2, 0.25) is 0 Å². The summed E-state index contributed by atoms with van der Waals surface area (Å²) in [5.41, 5.74) is 5.42. The van der Waals surface area contributed by atoms with E-state index in [4.69, 9.17) is 24.5 Å². The third-order valence-electron chi connectivity index (χ3n) is 8.64. The lowest BCUT2D eigenvalue weighted by Crippen LogP contribution is -2.35. The van der Waals surface area contributed by atoms with Crippen LogP contribution >= 0.6 is 0 Å². The van der Waals surface area contributed by atoms with Crippen molar-refractivity contribution in [2.24, 2.45) is 7.05 Å². The van der Waals surface area contributed by atoms with Gasteiger partial charge in [-0.1, -0.05) is 31.2 Å². The fourth-order valence-corrected chi connectivity index (χ4v) is 5.80. The number of pyridine rings is 1. The number of aryl methyl sites for hydroxylation is 2. The van der Waals surface area contributed by atoms with Crippen LogP contribution in [0.15, 0.2) is 84.0 Å². The highest BCUT2D eigenvalue weighted by molar-refractivity contribution is 5.89. The molecule has 0 spiro atoms. The number of anilines is 2. The molecule has 0 saturated heterocycles. The number of hydrogen-bond donors (Lipinski definition) is 5. The fourth-order valence-electron chi connectivity index (χ4n) is 5.80. The number of nitrogens with zero attached hydrogens (tertiary/aromatic N) is 3. The summed E-state index contributed by atoms with van der Waals surface area (Å²) in [6, 6.07) is 18.1. The molecule has 0 saturated carbocycles. The molecule has 5 N–H and O–H groups in total. The number of aromatic amines is 1. The van der Waals surface area contributed by atoms with E-state index in [2.05, 4.69) is 20.6 Å². The standard InChI is InChI=1S/C34H34N6O4.2C2HF3O2/c1-20-15-23-6-9-27(20)21(2)19-44-34(43)38-25-8-10-28(31-35-13-14-39(31)3)24(16-25)18-40(4)33(42)30(23)37-26-7-5-22-11-12-36-32(41)29(22)17-26;2*3-2(4,5)1(6)7/h5-17,21,30,37H,18-19H2,1-4H3,(H,36,41)(H,38,43);2*(H,6,7)/t21-,30+;;/m0../s1. The van der Waals surface area contributed by atoms with Gasteiger partial charge in [-0.15, -0.1) is 0 Å². The fraction of sp³-hybridized carbons (Fsp3) is 0.263. The number of aliphatic carboxylic acids is 2. The molecule has 7 rings (SSSR count). The zero-order chi connectivity index (χ0) is 43.1. The van der Waals surface area contributed by atoms with Crippen molar-refractivity contribution in [3.8, 4) is 11.4 Å². The number of carbonyl (C=O) groups is 4. The molecule has 0 radical (unpaired) electrons. The Morgan fingerprint density at radius 1 is 0.914 bits per heavy atom. The van der Waals surface area contributed by atoms with Crippen molar-refractivity contribution in [1.82, 2.24) is 19.4 Å². The normalized spacial score (nSPS) is 15.9. The molecule has 58 heavy (non-hydrogen) atoms. The van der Waals surface area contributed by atoms with E-state index in [0.717, 1.165) is 39.0 Å². The van der Waals surface area contributed by atoms with Gasteiger partial charge in [-0.05, 0) is 71.0 Å². The molecule has 3 aromatic carbocycles. The highest BCUT2D eigenvalue weighted by atomic mass is 19.4. The van der Waals surface area contributed by atoms with Gasteiger partial charge in [-0.3, -0.25) is 14.9 Å². The van der Waals surface area contributed by atoms with Gasteiger partial charge in [0.25, 0.3) is 5.56 Å². The van der Waals surface area contributed by atoms with E-state index >= 15 is 0 Å². The summed E-state index contributed by atoms with van der Waals surface area (Å²) in [5.74, 6) is -5.01. The number of carbonyl (C=O) groups excluding carboxylic acids is 2. The minimum absolute atomic E-state index is 0.0685. The van der Waals surface area contributed by atoms with Crippen LogP contribution in [0, 0.1) is 6.92 Å². The first-order chi connectivity index (χ1) is 27.1. The van der Waals surface area contributed by atoms with Crippen LogP contribution in [0.3, 0.4) is 0 Å². The summed E-state index contributed by atoms with van der Waals surface area (Å²) >= 11 is 0. The summed E-state index contributed by atoms with van der Waals surface area (Å²) < 4.78 is 71.0. The smallest absolute Gasteiger partial charge is 0.475 e. The summed E-state index contributed by atoms with van der Waals surface area (Å²) in [6.45, 7) is 4.43. The van der Waals surface area contributed by atoms with Gasteiger partial charge in [0, 0.05) is 67.5 Å². The molecule has 14 nitrogen and oxygen atoms in total. The van der Waals surface area contributed by atoms with Gasteiger partial charge in [0.2, 0.25) is 5.91 Å². The highest BCUT2D eigenvalue weighted by Gasteiger charge is 2.39. The van der Waals surface area contributed by atoms with Gasteiger partial charge in [0.15, 0.2) is 0 Å². The average Bonchev–Trinajstić information content (AvgIpc) is 3.57. The van der Waals surface area contributed by atoms with Crippen LogP contribution in [0.5, 0.6) is 0 Å². The van der Waals surface area contributed by atoms with Gasteiger partial charge in [-0.2, -0.15) is 26.3 Å². The van der Waals surface area contributed by atoms with Crippen LogP contribution < -0.4 is 16.2 Å². The summed E-state index contributed by atoms with van der Waals surface area (Å²) in [6.07, 6.45) is -5.51. The van der Waals surface area contributed by atoms with Crippen LogP contribution in [-0.4, -0.2) is 79.6 Å². The van der Waals surface area contributed by atoms with Crippen molar-refractivity contribution in [1.29, 1.82) is 0 Å². The predicted molar refractivity (Wildman–Crippen MR) is 198 cm³/mol. The minimum Gasteiger partial charge on any atom is -0.475 e. The number of rotatable bonds is 3. The van der Waals surface area contributed by atoms with Crippen LogP contribution in [0.1, 0.15) is 41.1 Å². The van der Waals surface area contributed by atoms with Gasteiger partial charge in [-0.25, -0.2) is 19.4 Å². The summed E-state index contributed by atoms with van der Waals surface area (Å²) in [5, 5.41) is 21.8. The Kier molecular flexibility index (Phi) is 13.6. The molecular weight excluding hydrogens is 782 g/mol. The Bertz CT molecular complexity index is 2350. The van der Waals surface area contributed by atoms with Gasteiger partial charge >= 0.3 is 30.4 Å². The molecule has 0 fully saturated rings. The van der Waals surface area contributed by atoms with Gasteiger partial charge in [0.05, 0.1) is 6.61 Å². The second-order valence-electron chi connectivity index (χ2n) is 13.0. The second kappa shape index (κ2) is 17.9. The minimum atomic E-state index is -5.08. The molecule has 2 amide bonds. The lowest BCUT2D eigenvalue weighted by molar-refractivity contribution is -0.193. The molecule has 4 bridgehead atoms. The third-order valence-corrected chi connectivity index (χ3v) is 8.64. The topological polar surface area (TPSA) is 196 Å². The molecule has 308 valence electrons. The number of fused-ring (bicyclic) bond motifs is 10. The number of aromatic nitrogens is 3. The van der Waals surface area contributed by atoms with Crippen LogP contribution in [0.4, 0.5) is 42.5 Å². The number of amides is 2. The lowest BCUT2D eigenvalue weighted by Gasteiger charge is -2.28. The Labute approximate surface area is 325 Å². The van der Waals surface area contributed by atoms with Crippen LogP contribution in [-0.2, 0) is 32.7 Å². The van der Waals surface area contributed by atoms with Gasteiger partial charge < -0.3 is 34.7 Å². The number of H-pyrrole nitrogens is 1. The number of carboxylic acid groups (broad SMARTS) is 2. The lowest BCUT2D eigenvalue weighted by atomic mass is 9.92. The number of imidazole rings is 1. The van der Waals surface area contributed by atoms with Gasteiger partial charge in [0.1, 0.15) is 11.9 Å². The van der Waals surface area contributed by atoms with Crippen molar-refractivity contribution in [2.45, 2.75) is 44.7 Å². The summed E-state index contributed by atoms with van der Waals surface area (Å²) in [4.78, 5) is 66.3. The zero-order valence-corrected chi connectivity index (χ0v) is 31.0. The Morgan fingerprint density at radius 3 is 2.16 bits per heavy atom. The van der Waals surface area contributed by atoms with E-state index in [1.54, 1.807) is 36.5 Å². The van der Waals surface area contributed by atoms with E-state index in [1.165, 1.54) is 0 Å². The number of ether oxygens (including phenoxy) is 1. The van der Waals surface area contributed by atoms with E-state index < -0.39 is 36.4 Å². The van der Waals surface area contributed by atoms with Crippen molar-refractivity contribution >= 4 is 46.1 Å². The monoisotopic (exact) mass is 818 g/mol. The van der Waals surface area contributed by atoms with E-state index in [9.17, 15) is 40.7 Å². The van der Waals surface area contributed by atoms with Crippen molar-refractivity contribution in [3.05, 3.63) is 112 Å². The van der Waals surface area contributed by atoms with Crippen LogP contribution in [0.25, 0.3) is 22.2 Å². The van der Waals surface area contributed by atoms with Crippen molar-refractivity contribution < 1.29 is 60.5 Å². The molecule has 5 aromatic rings. The Balaban J connectivity index is 0.000000456. The number of hydrogen-bond acceptors (Lipinski definition) is 8. The molecule has 2 aliphatic heterocycles. The maximum Gasteiger partial charge on any atom is 0.490 e. The third kappa shape index (κ3) is 11.1. The molecule has 2 aromatic heterocycles. The molecule has 2 aliphatic rings.